The molecule has 3 aliphatic rings. The Balaban J connectivity index is 1.28. The number of piperidine rings is 1. The maximum atomic E-state index is 14.2. The second-order valence-corrected chi connectivity index (χ2v) is 12.1. The van der Waals surface area contributed by atoms with Crippen LogP contribution in [0.25, 0.3) is 0 Å². The van der Waals surface area contributed by atoms with Gasteiger partial charge in [-0.3, -0.25) is 9.48 Å². The minimum Gasteiger partial charge on any atom is -0.481 e. The van der Waals surface area contributed by atoms with E-state index in [0.29, 0.717) is 18.4 Å². The first-order valence-corrected chi connectivity index (χ1v) is 14.8. The van der Waals surface area contributed by atoms with Gasteiger partial charge < -0.3 is 14.9 Å². The second kappa shape index (κ2) is 11.5. The Morgan fingerprint density at radius 2 is 1.87 bits per heavy atom. The Morgan fingerprint density at radius 1 is 1.13 bits per heavy atom. The van der Waals surface area contributed by atoms with Crippen LogP contribution in [0.1, 0.15) is 86.7 Å². The van der Waals surface area contributed by atoms with Crippen LogP contribution in [-0.2, 0) is 17.8 Å². The number of carboxylic acid groups (broad SMARTS) is 1. The van der Waals surface area contributed by atoms with Gasteiger partial charge in [-0.1, -0.05) is 31.9 Å². The van der Waals surface area contributed by atoms with Crippen LogP contribution in [0.3, 0.4) is 0 Å². The van der Waals surface area contributed by atoms with E-state index in [0.717, 1.165) is 89.8 Å². The molecular weight excluding hydrogens is 479 g/mol. The van der Waals surface area contributed by atoms with Crippen LogP contribution in [0.15, 0.2) is 24.3 Å². The first-order valence-electron chi connectivity index (χ1n) is 14.8. The molecule has 2 atom stereocenters. The SMILES string of the molecule is CCc1nn(CC)c(C2CCN(C[C@@H]3CN(CC4(C(=O)O)CCCC4)C[C@@H]3c3cccc(F)c3)CC2)c1C. The molecule has 1 aromatic heterocycles. The van der Waals surface area contributed by atoms with Crippen molar-refractivity contribution in [3.05, 3.63) is 52.6 Å². The fourth-order valence-electron chi connectivity index (χ4n) is 7.74. The number of benzene rings is 1. The van der Waals surface area contributed by atoms with Crippen LogP contribution in [0.4, 0.5) is 4.39 Å². The van der Waals surface area contributed by atoms with Crippen LogP contribution in [0.5, 0.6) is 0 Å². The van der Waals surface area contributed by atoms with Crippen molar-refractivity contribution in [2.24, 2.45) is 11.3 Å². The van der Waals surface area contributed by atoms with E-state index >= 15 is 0 Å². The zero-order valence-electron chi connectivity index (χ0n) is 23.5. The van der Waals surface area contributed by atoms with E-state index in [9.17, 15) is 14.3 Å². The summed E-state index contributed by atoms with van der Waals surface area (Å²) >= 11 is 0. The zero-order chi connectivity index (χ0) is 26.9. The summed E-state index contributed by atoms with van der Waals surface area (Å²) in [7, 11) is 0. The molecular formula is C31H45FN4O2. The molecule has 38 heavy (non-hydrogen) atoms. The molecule has 2 aliphatic heterocycles. The monoisotopic (exact) mass is 524 g/mol. The lowest BCUT2D eigenvalue weighted by Crippen LogP contribution is -2.41. The highest BCUT2D eigenvalue weighted by Crippen LogP contribution is 2.42. The van der Waals surface area contributed by atoms with E-state index in [-0.39, 0.29) is 11.7 Å². The number of aromatic nitrogens is 2. The fourth-order valence-corrected chi connectivity index (χ4v) is 7.74. The molecule has 1 N–H and O–H groups in total. The number of aryl methyl sites for hydroxylation is 2. The standard InChI is InChI=1S/C31H45FN4O2/c1-4-28-22(3)29(36(5-2)33-28)23-11-15-34(16-12-23)18-25-19-35(21-31(30(37)38)13-6-7-14-31)20-27(25)24-9-8-10-26(32)17-24/h8-10,17,23,25,27H,4-7,11-16,18-21H2,1-3H3,(H,37,38)/t25-,27-/m1/s1. The average molecular weight is 525 g/mol. The number of carbonyl (C=O) groups is 1. The molecule has 208 valence electrons. The minimum absolute atomic E-state index is 0.187. The van der Waals surface area contributed by atoms with Crippen molar-refractivity contribution in [2.75, 3.05) is 39.3 Å². The van der Waals surface area contributed by atoms with Gasteiger partial charge in [-0.05, 0) is 88.2 Å². The van der Waals surface area contributed by atoms with Gasteiger partial charge in [-0.2, -0.15) is 5.10 Å². The molecule has 7 heteroatoms. The summed E-state index contributed by atoms with van der Waals surface area (Å²) in [6.07, 6.45) is 6.81. The van der Waals surface area contributed by atoms with Crippen LogP contribution in [0.2, 0.25) is 0 Å². The molecule has 2 saturated heterocycles. The van der Waals surface area contributed by atoms with Gasteiger partial charge in [0.2, 0.25) is 0 Å². The summed E-state index contributed by atoms with van der Waals surface area (Å²) in [4.78, 5) is 17.2. The number of halogens is 1. The first-order chi connectivity index (χ1) is 18.3. The van der Waals surface area contributed by atoms with Gasteiger partial charge in [-0.15, -0.1) is 0 Å². The van der Waals surface area contributed by atoms with Gasteiger partial charge in [0.15, 0.2) is 0 Å². The molecule has 0 unspecified atom stereocenters. The molecule has 1 saturated carbocycles. The summed E-state index contributed by atoms with van der Waals surface area (Å²) in [6, 6.07) is 7.07. The van der Waals surface area contributed by atoms with Gasteiger partial charge in [0.05, 0.1) is 11.1 Å². The number of nitrogens with zero attached hydrogens (tertiary/aromatic N) is 4. The van der Waals surface area contributed by atoms with Crippen molar-refractivity contribution in [2.45, 2.75) is 84.1 Å². The number of aliphatic carboxylic acids is 1. The fraction of sp³-hybridized carbons (Fsp3) is 0.677. The minimum atomic E-state index is -0.643. The number of carboxylic acids is 1. The summed E-state index contributed by atoms with van der Waals surface area (Å²) in [6.45, 7) is 13.0. The molecule has 0 radical (unpaired) electrons. The van der Waals surface area contributed by atoms with Crippen molar-refractivity contribution < 1.29 is 14.3 Å². The highest BCUT2D eigenvalue weighted by Gasteiger charge is 2.45. The maximum Gasteiger partial charge on any atom is 0.310 e. The Kier molecular flexibility index (Phi) is 8.25. The van der Waals surface area contributed by atoms with Crippen molar-refractivity contribution in [1.82, 2.24) is 19.6 Å². The lowest BCUT2D eigenvalue weighted by Gasteiger charge is -2.35. The molecule has 0 bridgehead atoms. The molecule has 6 nitrogen and oxygen atoms in total. The largest absolute Gasteiger partial charge is 0.481 e. The number of likely N-dealkylation sites (tertiary alicyclic amines) is 2. The Labute approximate surface area is 227 Å². The van der Waals surface area contributed by atoms with E-state index in [4.69, 9.17) is 5.10 Å². The Hall–Kier alpha value is -2.25. The van der Waals surface area contributed by atoms with Gasteiger partial charge >= 0.3 is 5.97 Å². The summed E-state index contributed by atoms with van der Waals surface area (Å²) in [5, 5.41) is 14.9. The highest BCUT2D eigenvalue weighted by atomic mass is 19.1. The molecule has 1 aliphatic carbocycles. The van der Waals surface area contributed by atoms with E-state index in [2.05, 4.69) is 41.3 Å². The average Bonchev–Trinajstić information content (AvgIpc) is 3.62. The third-order valence-electron chi connectivity index (χ3n) is 9.77. The summed E-state index contributed by atoms with van der Waals surface area (Å²) in [5.74, 6) is 0.320. The van der Waals surface area contributed by atoms with Crippen molar-refractivity contribution in [1.29, 1.82) is 0 Å². The van der Waals surface area contributed by atoms with E-state index < -0.39 is 11.4 Å². The lowest BCUT2D eigenvalue weighted by atomic mass is 9.85. The van der Waals surface area contributed by atoms with E-state index in [1.165, 1.54) is 23.0 Å². The van der Waals surface area contributed by atoms with Gasteiger partial charge in [0.25, 0.3) is 0 Å². The van der Waals surface area contributed by atoms with Crippen LogP contribution in [-0.4, -0.2) is 69.9 Å². The third-order valence-corrected chi connectivity index (χ3v) is 9.77. The van der Waals surface area contributed by atoms with Crippen LogP contribution in [0, 0.1) is 24.1 Å². The predicted molar refractivity (Wildman–Crippen MR) is 148 cm³/mol. The summed E-state index contributed by atoms with van der Waals surface area (Å²) < 4.78 is 16.4. The molecule has 3 fully saturated rings. The zero-order valence-corrected chi connectivity index (χ0v) is 23.5. The van der Waals surface area contributed by atoms with Crippen molar-refractivity contribution >= 4 is 5.97 Å². The number of hydrogen-bond acceptors (Lipinski definition) is 4. The van der Waals surface area contributed by atoms with Gasteiger partial charge in [-0.25, -0.2) is 4.39 Å². The van der Waals surface area contributed by atoms with Crippen LogP contribution >= 0.6 is 0 Å². The molecule has 3 heterocycles. The normalized spacial score (nSPS) is 24.8. The highest BCUT2D eigenvalue weighted by molar-refractivity contribution is 5.75. The quantitative estimate of drug-likeness (QED) is 0.473. The number of rotatable bonds is 9. The number of hydrogen-bond donors (Lipinski definition) is 1. The Morgan fingerprint density at radius 3 is 2.50 bits per heavy atom. The maximum absolute atomic E-state index is 14.2. The molecule has 2 aromatic rings. The molecule has 5 rings (SSSR count). The second-order valence-electron chi connectivity index (χ2n) is 12.1. The molecule has 0 spiro atoms. The van der Waals surface area contributed by atoms with Crippen LogP contribution < -0.4 is 0 Å². The topological polar surface area (TPSA) is 61.6 Å². The molecule has 0 amide bonds. The van der Waals surface area contributed by atoms with Gasteiger partial charge in [0, 0.05) is 50.3 Å². The van der Waals surface area contributed by atoms with E-state index in [1.807, 2.05) is 6.07 Å². The van der Waals surface area contributed by atoms with Crippen molar-refractivity contribution in [3.63, 3.8) is 0 Å². The van der Waals surface area contributed by atoms with Gasteiger partial charge in [0.1, 0.15) is 5.82 Å². The smallest absolute Gasteiger partial charge is 0.310 e. The predicted octanol–water partition coefficient (Wildman–Crippen LogP) is 5.45. The first kappa shape index (κ1) is 27.3. The van der Waals surface area contributed by atoms with E-state index in [1.54, 1.807) is 6.07 Å². The summed E-state index contributed by atoms with van der Waals surface area (Å²) in [5.41, 5.74) is 4.48. The molecule has 1 aromatic carbocycles. The van der Waals surface area contributed by atoms with Crippen molar-refractivity contribution in [3.8, 4) is 0 Å². The third kappa shape index (κ3) is 5.42. The lowest BCUT2D eigenvalue weighted by molar-refractivity contribution is -0.149. The Bertz CT molecular complexity index is 1120.